The van der Waals surface area contributed by atoms with Gasteiger partial charge in [0.25, 0.3) is 0 Å². The predicted molar refractivity (Wildman–Crippen MR) is 50.3 cm³/mol. The summed E-state index contributed by atoms with van der Waals surface area (Å²) < 4.78 is 1.51. The minimum Gasteiger partial charge on any atom is -0.326 e. The molecule has 3 nitrogen and oxygen atoms in total. The topological polar surface area (TPSA) is 51.8 Å². The lowest BCUT2D eigenvalue weighted by Gasteiger charge is -1.92. The van der Waals surface area contributed by atoms with E-state index >= 15 is 0 Å². The lowest BCUT2D eigenvalue weighted by Crippen LogP contribution is -1.96. The molecule has 0 amide bonds. The zero-order valence-corrected chi connectivity index (χ0v) is 7.69. The molecule has 2 N–H and O–H groups in total. The lowest BCUT2D eigenvalue weighted by atomic mass is 10.3. The van der Waals surface area contributed by atoms with Crippen molar-refractivity contribution in [3.63, 3.8) is 0 Å². The number of aromatic nitrogens is 2. The molecule has 5 heteroatoms. The molecule has 0 aliphatic carbocycles. The second-order valence-corrected chi connectivity index (χ2v) is 3.95. The van der Waals surface area contributed by atoms with Crippen LogP contribution in [0.25, 0.3) is 10.3 Å². The van der Waals surface area contributed by atoms with Gasteiger partial charge in [-0.2, -0.15) is 0 Å². The van der Waals surface area contributed by atoms with Gasteiger partial charge < -0.3 is 5.73 Å². The van der Waals surface area contributed by atoms with E-state index in [0.717, 1.165) is 10.3 Å². The Morgan fingerprint density at radius 1 is 1.58 bits per heavy atom. The van der Waals surface area contributed by atoms with Gasteiger partial charge in [0, 0.05) is 12.7 Å². The highest BCUT2D eigenvalue weighted by molar-refractivity contribution is 7.22. The third kappa shape index (κ3) is 1.29. The van der Waals surface area contributed by atoms with Crippen molar-refractivity contribution in [2.45, 2.75) is 6.54 Å². The Bertz CT molecular complexity index is 412. The van der Waals surface area contributed by atoms with E-state index in [9.17, 15) is 0 Å². The lowest BCUT2D eigenvalue weighted by molar-refractivity contribution is 1.06. The molecule has 0 aromatic carbocycles. The Morgan fingerprint density at radius 2 is 2.42 bits per heavy atom. The number of fused-ring (bicyclic) bond motifs is 1. The summed E-state index contributed by atoms with van der Waals surface area (Å²) in [6, 6.07) is 1.96. The number of nitrogens with zero attached hydrogens (tertiary/aromatic N) is 2. The van der Waals surface area contributed by atoms with E-state index in [1.165, 1.54) is 11.3 Å². The summed E-state index contributed by atoms with van der Waals surface area (Å²) in [7, 11) is 0. The molecule has 0 unspecified atom stereocenters. The van der Waals surface area contributed by atoms with E-state index in [2.05, 4.69) is 9.97 Å². The van der Waals surface area contributed by atoms with Gasteiger partial charge in [0.2, 0.25) is 0 Å². The van der Waals surface area contributed by atoms with Crippen molar-refractivity contribution < 1.29 is 0 Å². The van der Waals surface area contributed by atoms with Gasteiger partial charge in [-0.3, -0.25) is 0 Å². The van der Waals surface area contributed by atoms with Crippen LogP contribution in [0.15, 0.2) is 12.3 Å². The Labute approximate surface area is 78.2 Å². The SMILES string of the molecule is NCc1cnc2nc(Cl)sc2c1. The standard InChI is InChI=1S/C7H6ClN3S/c8-7-11-6-5(12-7)1-4(2-9)3-10-6/h1,3H,2,9H2. The van der Waals surface area contributed by atoms with Gasteiger partial charge in [0.1, 0.15) is 0 Å². The van der Waals surface area contributed by atoms with Crippen LogP contribution in [0.5, 0.6) is 0 Å². The maximum atomic E-state index is 5.71. The van der Waals surface area contributed by atoms with E-state index in [-0.39, 0.29) is 0 Å². The largest absolute Gasteiger partial charge is 0.326 e. The molecule has 0 saturated heterocycles. The van der Waals surface area contributed by atoms with Gasteiger partial charge in [-0.15, -0.1) is 11.3 Å². The molecule has 0 radical (unpaired) electrons. The zero-order chi connectivity index (χ0) is 8.55. The highest BCUT2D eigenvalue weighted by atomic mass is 35.5. The smallest absolute Gasteiger partial charge is 0.186 e. The number of halogens is 1. The Hall–Kier alpha value is -0.710. The van der Waals surface area contributed by atoms with Crippen molar-refractivity contribution in [2.24, 2.45) is 5.73 Å². The van der Waals surface area contributed by atoms with E-state index in [4.69, 9.17) is 17.3 Å². The van der Waals surface area contributed by atoms with Crippen LogP contribution in [0.4, 0.5) is 0 Å². The number of hydrogen-bond donors (Lipinski definition) is 1. The molecule has 0 aliphatic heterocycles. The van der Waals surface area contributed by atoms with Crippen molar-refractivity contribution in [1.29, 1.82) is 0 Å². The maximum Gasteiger partial charge on any atom is 0.186 e. The fourth-order valence-corrected chi connectivity index (χ4v) is 1.99. The Morgan fingerprint density at radius 3 is 3.17 bits per heavy atom. The average Bonchev–Trinajstić information content (AvgIpc) is 2.43. The second kappa shape index (κ2) is 2.97. The molecule has 2 aromatic rings. The van der Waals surface area contributed by atoms with Crippen LogP contribution in [0.2, 0.25) is 4.47 Å². The fraction of sp³-hybridized carbons (Fsp3) is 0.143. The number of pyridine rings is 1. The summed E-state index contributed by atoms with van der Waals surface area (Å²) in [5, 5.41) is 0. The molecule has 2 rings (SSSR count). The first-order valence-electron chi connectivity index (χ1n) is 3.40. The highest BCUT2D eigenvalue weighted by Crippen LogP contribution is 2.24. The average molecular weight is 200 g/mol. The van der Waals surface area contributed by atoms with Gasteiger partial charge in [0.05, 0.1) is 4.70 Å². The molecule has 0 spiro atoms. The molecule has 0 fully saturated rings. The first kappa shape index (κ1) is 7.91. The second-order valence-electron chi connectivity index (χ2n) is 2.34. The zero-order valence-electron chi connectivity index (χ0n) is 6.12. The monoisotopic (exact) mass is 199 g/mol. The van der Waals surface area contributed by atoms with Crippen LogP contribution >= 0.6 is 22.9 Å². The first-order valence-corrected chi connectivity index (χ1v) is 4.60. The predicted octanol–water partition coefficient (Wildman–Crippen LogP) is 1.80. The van der Waals surface area contributed by atoms with Crippen LogP contribution in [0.3, 0.4) is 0 Å². The fourth-order valence-electron chi connectivity index (χ4n) is 0.945. The number of hydrogen-bond acceptors (Lipinski definition) is 4. The summed E-state index contributed by atoms with van der Waals surface area (Å²) in [4.78, 5) is 8.13. The minimum atomic E-state index is 0.498. The summed E-state index contributed by atoms with van der Waals surface area (Å²) in [6.07, 6.45) is 1.72. The van der Waals surface area contributed by atoms with Gasteiger partial charge in [-0.1, -0.05) is 11.6 Å². The van der Waals surface area contributed by atoms with Gasteiger partial charge in [0.15, 0.2) is 10.1 Å². The van der Waals surface area contributed by atoms with Crippen molar-refractivity contribution >= 4 is 33.3 Å². The van der Waals surface area contributed by atoms with Crippen LogP contribution in [-0.2, 0) is 6.54 Å². The quantitative estimate of drug-likeness (QED) is 0.762. The normalized spacial score (nSPS) is 10.8. The molecule has 0 atom stereocenters. The van der Waals surface area contributed by atoms with E-state index < -0.39 is 0 Å². The summed E-state index contributed by atoms with van der Waals surface area (Å²) in [5.41, 5.74) is 7.16. The third-order valence-corrected chi connectivity index (χ3v) is 2.61. The minimum absolute atomic E-state index is 0.498. The van der Waals surface area contributed by atoms with Gasteiger partial charge >= 0.3 is 0 Å². The van der Waals surface area contributed by atoms with E-state index in [1.807, 2.05) is 6.07 Å². The van der Waals surface area contributed by atoms with Crippen molar-refractivity contribution in [3.05, 3.63) is 22.3 Å². The number of rotatable bonds is 1. The molecule has 0 bridgehead atoms. The highest BCUT2D eigenvalue weighted by Gasteiger charge is 2.02. The summed E-state index contributed by atoms with van der Waals surface area (Å²) in [6.45, 7) is 0.498. The molecule has 2 heterocycles. The van der Waals surface area contributed by atoms with Gasteiger partial charge in [-0.25, -0.2) is 9.97 Å². The van der Waals surface area contributed by atoms with Crippen LogP contribution in [0.1, 0.15) is 5.56 Å². The van der Waals surface area contributed by atoms with Crippen molar-refractivity contribution in [2.75, 3.05) is 0 Å². The molecular formula is C7H6ClN3S. The van der Waals surface area contributed by atoms with E-state index in [0.29, 0.717) is 16.7 Å². The molecular weight excluding hydrogens is 194 g/mol. The van der Waals surface area contributed by atoms with E-state index in [1.54, 1.807) is 6.20 Å². The molecule has 62 valence electrons. The van der Waals surface area contributed by atoms with Crippen molar-refractivity contribution in [3.8, 4) is 0 Å². The molecule has 0 aliphatic rings. The maximum absolute atomic E-state index is 5.71. The summed E-state index contributed by atoms with van der Waals surface area (Å²) in [5.74, 6) is 0. The van der Waals surface area contributed by atoms with Crippen LogP contribution in [0, 0.1) is 0 Å². The Kier molecular flexibility index (Phi) is 1.96. The first-order chi connectivity index (χ1) is 5.79. The molecule has 0 saturated carbocycles. The van der Waals surface area contributed by atoms with Crippen LogP contribution < -0.4 is 5.73 Å². The number of thiazole rings is 1. The molecule has 2 aromatic heterocycles. The number of nitrogens with two attached hydrogens (primary N) is 1. The molecule has 12 heavy (non-hydrogen) atoms. The summed E-state index contributed by atoms with van der Waals surface area (Å²) >= 11 is 7.13. The van der Waals surface area contributed by atoms with Gasteiger partial charge in [-0.05, 0) is 11.6 Å². The third-order valence-electron chi connectivity index (χ3n) is 1.51. The van der Waals surface area contributed by atoms with Crippen molar-refractivity contribution in [1.82, 2.24) is 9.97 Å². The Balaban J connectivity index is 2.66. The van der Waals surface area contributed by atoms with Crippen LogP contribution in [-0.4, -0.2) is 9.97 Å².